The Morgan fingerprint density at radius 1 is 1.44 bits per heavy atom. The molecule has 146 valence electrons. The van der Waals surface area contributed by atoms with Crippen molar-refractivity contribution in [3.8, 4) is 5.75 Å². The van der Waals surface area contributed by atoms with Crippen molar-refractivity contribution in [3.63, 3.8) is 0 Å². The molecule has 1 saturated heterocycles. The van der Waals surface area contributed by atoms with Crippen molar-refractivity contribution in [2.24, 2.45) is 11.8 Å². The van der Waals surface area contributed by atoms with Gasteiger partial charge in [-0.05, 0) is 43.8 Å². The predicted octanol–water partition coefficient (Wildman–Crippen LogP) is 2.62. The molecule has 1 aliphatic rings. The number of nitrogens with one attached hydrogen (secondary N) is 2. The lowest BCUT2D eigenvalue weighted by Gasteiger charge is -2.28. The normalized spacial score (nSPS) is 19.3. The molecule has 1 aliphatic heterocycles. The lowest BCUT2D eigenvalue weighted by atomic mass is 9.85. The fourth-order valence-electron chi connectivity index (χ4n) is 3.66. The summed E-state index contributed by atoms with van der Waals surface area (Å²) in [6, 6.07) is 7.05. The Bertz CT molecular complexity index is 755. The molecule has 3 rings (SSSR count). The van der Waals surface area contributed by atoms with Crippen molar-refractivity contribution in [3.05, 3.63) is 41.5 Å². The van der Waals surface area contributed by atoms with Crippen LogP contribution in [0.3, 0.4) is 0 Å². The number of ether oxygens (including phenoxy) is 1. The van der Waals surface area contributed by atoms with E-state index in [0.29, 0.717) is 35.7 Å². The number of methoxy groups -OCH3 is 1. The minimum atomic E-state index is -0.511. The summed E-state index contributed by atoms with van der Waals surface area (Å²) in [7, 11) is 1.61. The van der Waals surface area contributed by atoms with Gasteiger partial charge >= 0.3 is 0 Å². The highest BCUT2D eigenvalue weighted by atomic mass is 16.5. The van der Waals surface area contributed by atoms with Crippen molar-refractivity contribution in [2.45, 2.75) is 39.2 Å². The second kappa shape index (κ2) is 8.99. The van der Waals surface area contributed by atoms with E-state index < -0.39 is 6.04 Å². The summed E-state index contributed by atoms with van der Waals surface area (Å²) in [6.45, 7) is 5.93. The monoisotopic (exact) mass is 372 g/mol. The summed E-state index contributed by atoms with van der Waals surface area (Å²) in [5.41, 5.74) is 0.807. The molecule has 1 aromatic heterocycles. The maximum Gasteiger partial charge on any atom is 0.223 e. The average molecular weight is 372 g/mol. The molecule has 0 bridgehead atoms. The quantitative estimate of drug-likeness (QED) is 0.777. The Kier molecular flexibility index (Phi) is 6.45. The zero-order chi connectivity index (χ0) is 19.2. The fourth-order valence-corrected chi connectivity index (χ4v) is 3.66. The SMILES string of the molecule is COc1ccccc1C(NC(=O)CC(C)C1CCCNC1)c1noc(C)n1. The third-order valence-electron chi connectivity index (χ3n) is 5.20. The van der Waals surface area contributed by atoms with Crippen LogP contribution in [0.4, 0.5) is 0 Å². The Morgan fingerprint density at radius 2 is 2.26 bits per heavy atom. The van der Waals surface area contributed by atoms with E-state index in [-0.39, 0.29) is 5.91 Å². The summed E-state index contributed by atoms with van der Waals surface area (Å²) in [4.78, 5) is 17.1. The molecule has 7 heteroatoms. The zero-order valence-electron chi connectivity index (χ0n) is 16.2. The number of piperidine rings is 1. The van der Waals surface area contributed by atoms with Crippen LogP contribution in [-0.2, 0) is 4.79 Å². The van der Waals surface area contributed by atoms with E-state index in [0.717, 1.165) is 18.7 Å². The third kappa shape index (κ3) is 4.86. The Labute approximate surface area is 159 Å². The first kappa shape index (κ1) is 19.4. The highest BCUT2D eigenvalue weighted by Crippen LogP contribution is 2.29. The molecule has 2 N–H and O–H groups in total. The summed E-state index contributed by atoms with van der Waals surface area (Å²) in [5, 5.41) is 10.5. The van der Waals surface area contributed by atoms with E-state index in [1.54, 1.807) is 14.0 Å². The number of hydrogen-bond acceptors (Lipinski definition) is 6. The highest BCUT2D eigenvalue weighted by molar-refractivity contribution is 5.77. The lowest BCUT2D eigenvalue weighted by Crippen LogP contribution is -2.36. The molecule has 3 atom stereocenters. The van der Waals surface area contributed by atoms with E-state index in [9.17, 15) is 4.79 Å². The molecule has 1 amide bonds. The van der Waals surface area contributed by atoms with Crippen LogP contribution in [0.1, 0.15) is 49.5 Å². The number of carbonyl (C=O) groups is 1. The first-order valence-corrected chi connectivity index (χ1v) is 9.51. The van der Waals surface area contributed by atoms with E-state index in [1.807, 2.05) is 24.3 Å². The van der Waals surface area contributed by atoms with Gasteiger partial charge in [0.15, 0.2) is 5.82 Å². The number of benzene rings is 1. The largest absolute Gasteiger partial charge is 0.496 e. The fraction of sp³-hybridized carbons (Fsp3) is 0.550. The van der Waals surface area contributed by atoms with Crippen LogP contribution >= 0.6 is 0 Å². The lowest BCUT2D eigenvalue weighted by molar-refractivity contribution is -0.122. The van der Waals surface area contributed by atoms with Gasteiger partial charge in [-0.25, -0.2) is 0 Å². The molecule has 0 radical (unpaired) electrons. The van der Waals surface area contributed by atoms with Crippen molar-refractivity contribution in [1.29, 1.82) is 0 Å². The van der Waals surface area contributed by atoms with Gasteiger partial charge in [-0.2, -0.15) is 4.98 Å². The summed E-state index contributed by atoms with van der Waals surface area (Å²) >= 11 is 0. The Morgan fingerprint density at radius 3 is 2.93 bits per heavy atom. The molecule has 0 aliphatic carbocycles. The van der Waals surface area contributed by atoms with Crippen LogP contribution in [0.5, 0.6) is 5.75 Å². The van der Waals surface area contributed by atoms with Crippen LogP contribution in [0.25, 0.3) is 0 Å². The van der Waals surface area contributed by atoms with Crippen molar-refractivity contribution < 1.29 is 14.1 Å². The summed E-state index contributed by atoms with van der Waals surface area (Å²) in [6.07, 6.45) is 2.80. The second-order valence-corrected chi connectivity index (χ2v) is 7.20. The molecule has 27 heavy (non-hydrogen) atoms. The number of aryl methyl sites for hydroxylation is 1. The van der Waals surface area contributed by atoms with Gasteiger partial charge in [-0.15, -0.1) is 0 Å². The number of amides is 1. The number of nitrogens with zero attached hydrogens (tertiary/aromatic N) is 2. The van der Waals surface area contributed by atoms with Crippen LogP contribution < -0.4 is 15.4 Å². The van der Waals surface area contributed by atoms with E-state index in [2.05, 4.69) is 27.7 Å². The smallest absolute Gasteiger partial charge is 0.223 e. The minimum absolute atomic E-state index is 0.0218. The molecular formula is C20H28N4O3. The van der Waals surface area contributed by atoms with E-state index in [1.165, 1.54) is 12.8 Å². The summed E-state index contributed by atoms with van der Waals surface area (Å²) in [5.74, 6) is 2.38. The predicted molar refractivity (Wildman–Crippen MR) is 101 cm³/mol. The van der Waals surface area contributed by atoms with Gasteiger partial charge in [-0.1, -0.05) is 30.3 Å². The average Bonchev–Trinajstić information content (AvgIpc) is 3.13. The summed E-state index contributed by atoms with van der Waals surface area (Å²) < 4.78 is 10.6. The van der Waals surface area contributed by atoms with Gasteiger partial charge in [0.2, 0.25) is 11.8 Å². The van der Waals surface area contributed by atoms with Gasteiger partial charge in [-0.3, -0.25) is 4.79 Å². The van der Waals surface area contributed by atoms with Crippen molar-refractivity contribution in [1.82, 2.24) is 20.8 Å². The molecule has 2 heterocycles. The second-order valence-electron chi connectivity index (χ2n) is 7.20. The van der Waals surface area contributed by atoms with Crippen LogP contribution in [-0.4, -0.2) is 36.2 Å². The number of hydrogen-bond donors (Lipinski definition) is 2. The van der Waals surface area contributed by atoms with Gasteiger partial charge in [0.05, 0.1) is 7.11 Å². The van der Waals surface area contributed by atoms with E-state index in [4.69, 9.17) is 9.26 Å². The molecule has 1 fully saturated rings. The number of aromatic nitrogens is 2. The zero-order valence-corrected chi connectivity index (χ0v) is 16.2. The molecule has 2 aromatic rings. The van der Waals surface area contributed by atoms with Crippen molar-refractivity contribution >= 4 is 5.91 Å². The van der Waals surface area contributed by atoms with Gasteiger partial charge in [0.25, 0.3) is 0 Å². The number of rotatable bonds is 7. The van der Waals surface area contributed by atoms with Gasteiger partial charge < -0.3 is 19.9 Å². The Balaban J connectivity index is 1.76. The highest BCUT2D eigenvalue weighted by Gasteiger charge is 2.27. The molecule has 0 saturated carbocycles. The molecular weight excluding hydrogens is 344 g/mol. The Hall–Kier alpha value is -2.41. The van der Waals surface area contributed by atoms with Crippen LogP contribution in [0.15, 0.2) is 28.8 Å². The molecule has 7 nitrogen and oxygen atoms in total. The topological polar surface area (TPSA) is 89.3 Å². The maximum atomic E-state index is 12.8. The molecule has 1 aromatic carbocycles. The van der Waals surface area contributed by atoms with Crippen LogP contribution in [0.2, 0.25) is 0 Å². The molecule has 0 spiro atoms. The number of carbonyl (C=O) groups excluding carboxylic acids is 1. The maximum absolute atomic E-state index is 12.8. The minimum Gasteiger partial charge on any atom is -0.496 e. The van der Waals surface area contributed by atoms with Gasteiger partial charge in [0, 0.05) is 18.9 Å². The van der Waals surface area contributed by atoms with Gasteiger partial charge in [0.1, 0.15) is 11.8 Å². The van der Waals surface area contributed by atoms with Crippen LogP contribution in [0, 0.1) is 18.8 Å². The third-order valence-corrected chi connectivity index (χ3v) is 5.20. The number of para-hydroxylation sites is 1. The van der Waals surface area contributed by atoms with E-state index >= 15 is 0 Å². The standard InChI is InChI=1S/C20H28N4O3/c1-13(15-7-6-10-21-12-15)11-18(25)23-19(20-22-14(2)27-24-20)16-8-4-5-9-17(16)26-3/h4-5,8-9,13,15,19,21H,6-7,10-12H2,1-3H3,(H,23,25). The first-order chi connectivity index (χ1) is 13.1. The first-order valence-electron chi connectivity index (χ1n) is 9.51. The van der Waals surface area contributed by atoms with Crippen molar-refractivity contribution in [2.75, 3.05) is 20.2 Å². The molecule has 3 unspecified atom stereocenters.